The fourth-order valence-electron chi connectivity index (χ4n) is 4.37. The van der Waals surface area contributed by atoms with Gasteiger partial charge in [0.1, 0.15) is 5.54 Å². The number of urea groups is 1. The lowest BCUT2D eigenvalue weighted by Crippen LogP contribution is -2.49. The molecule has 2 aliphatic heterocycles. The molecule has 2 saturated heterocycles. The molecule has 0 radical (unpaired) electrons. The number of piperazine rings is 1. The summed E-state index contributed by atoms with van der Waals surface area (Å²) in [4.78, 5) is 44.2. The van der Waals surface area contributed by atoms with Crippen LogP contribution in [-0.2, 0) is 16.1 Å². The Morgan fingerprint density at radius 3 is 2.50 bits per heavy atom. The molecule has 7 nitrogen and oxygen atoms in total. The third kappa shape index (κ3) is 3.97. The minimum absolute atomic E-state index is 0.0199. The smallest absolute Gasteiger partial charge is 0.325 e. The zero-order chi connectivity index (χ0) is 19.7. The number of thiophene rings is 1. The van der Waals surface area contributed by atoms with Crippen LogP contribution in [-0.4, -0.2) is 70.8 Å². The second kappa shape index (κ2) is 8.12. The number of carbonyl (C=O) groups is 3. The van der Waals surface area contributed by atoms with Crippen molar-refractivity contribution in [3.63, 3.8) is 0 Å². The number of carbonyl (C=O) groups excluding carboxylic acids is 3. The van der Waals surface area contributed by atoms with Gasteiger partial charge in [0.25, 0.3) is 5.91 Å². The molecule has 0 aromatic carbocycles. The van der Waals surface area contributed by atoms with Gasteiger partial charge in [-0.05, 0) is 40.9 Å². The normalized spacial score (nSPS) is 22.3. The minimum atomic E-state index is -0.692. The van der Waals surface area contributed by atoms with E-state index in [0.29, 0.717) is 25.9 Å². The molecule has 0 unspecified atom stereocenters. The van der Waals surface area contributed by atoms with E-state index in [4.69, 9.17) is 0 Å². The van der Waals surface area contributed by atoms with Crippen LogP contribution in [0.1, 0.15) is 37.0 Å². The van der Waals surface area contributed by atoms with Gasteiger partial charge in [-0.25, -0.2) is 4.79 Å². The van der Waals surface area contributed by atoms with E-state index in [0.717, 1.165) is 36.3 Å². The molecular formula is C19H25BrN4O3S. The Kier molecular flexibility index (Phi) is 5.76. The van der Waals surface area contributed by atoms with Crippen molar-refractivity contribution in [1.82, 2.24) is 20.0 Å². The maximum Gasteiger partial charge on any atom is 0.325 e. The molecule has 1 aromatic heterocycles. The Labute approximate surface area is 177 Å². The molecule has 3 heterocycles. The Morgan fingerprint density at radius 1 is 1.14 bits per heavy atom. The summed E-state index contributed by atoms with van der Waals surface area (Å²) in [5.41, 5.74) is -0.692. The molecule has 1 saturated carbocycles. The maximum atomic E-state index is 12.7. The van der Waals surface area contributed by atoms with Crippen molar-refractivity contribution >= 4 is 45.1 Å². The number of imide groups is 1. The minimum Gasteiger partial charge on any atom is -0.340 e. The Balaban J connectivity index is 1.24. The van der Waals surface area contributed by atoms with Crippen LogP contribution in [0.15, 0.2) is 15.9 Å². The van der Waals surface area contributed by atoms with Gasteiger partial charge in [-0.3, -0.25) is 19.4 Å². The molecule has 28 heavy (non-hydrogen) atoms. The van der Waals surface area contributed by atoms with Crippen molar-refractivity contribution in [3.8, 4) is 0 Å². The molecule has 3 fully saturated rings. The molecule has 0 bridgehead atoms. The van der Waals surface area contributed by atoms with Crippen molar-refractivity contribution in [2.45, 2.75) is 44.2 Å². The number of hydrogen-bond acceptors (Lipinski definition) is 5. The van der Waals surface area contributed by atoms with Gasteiger partial charge in [0, 0.05) is 50.6 Å². The van der Waals surface area contributed by atoms with Gasteiger partial charge in [0.15, 0.2) is 0 Å². The molecule has 4 amide bonds. The molecule has 1 aromatic rings. The highest BCUT2D eigenvalue weighted by Crippen LogP contribution is 2.35. The van der Waals surface area contributed by atoms with Crippen LogP contribution >= 0.6 is 27.3 Å². The fraction of sp³-hybridized carbons (Fsp3) is 0.632. The van der Waals surface area contributed by atoms with Crippen LogP contribution in [0, 0.1) is 0 Å². The zero-order valence-electron chi connectivity index (χ0n) is 15.8. The number of nitrogens with zero attached hydrogens (tertiary/aromatic N) is 3. The number of hydrogen-bond donors (Lipinski definition) is 1. The van der Waals surface area contributed by atoms with Crippen molar-refractivity contribution in [3.05, 3.63) is 20.8 Å². The molecule has 152 valence electrons. The molecular weight excluding hydrogens is 444 g/mol. The van der Waals surface area contributed by atoms with E-state index in [-0.39, 0.29) is 30.8 Å². The molecule has 9 heteroatoms. The second-order valence-electron chi connectivity index (χ2n) is 7.79. The number of rotatable bonds is 5. The average Bonchev–Trinajstić information content (AvgIpc) is 3.36. The maximum absolute atomic E-state index is 12.7. The number of nitrogens with one attached hydrogen (secondary N) is 1. The predicted octanol–water partition coefficient (Wildman–Crippen LogP) is 2.41. The topological polar surface area (TPSA) is 73.0 Å². The first-order valence-electron chi connectivity index (χ1n) is 9.85. The Hall–Kier alpha value is -1.45. The Morgan fingerprint density at radius 2 is 1.86 bits per heavy atom. The number of amides is 4. The quantitative estimate of drug-likeness (QED) is 0.673. The lowest BCUT2D eigenvalue weighted by molar-refractivity contribution is -0.134. The van der Waals surface area contributed by atoms with Gasteiger partial charge in [0.05, 0.1) is 3.79 Å². The van der Waals surface area contributed by atoms with Crippen LogP contribution in [0.3, 0.4) is 0 Å². The highest BCUT2D eigenvalue weighted by Gasteiger charge is 2.52. The van der Waals surface area contributed by atoms with Crippen LogP contribution in [0.5, 0.6) is 0 Å². The van der Waals surface area contributed by atoms with Crippen molar-refractivity contribution < 1.29 is 14.4 Å². The van der Waals surface area contributed by atoms with E-state index >= 15 is 0 Å². The first kappa shape index (κ1) is 19.8. The van der Waals surface area contributed by atoms with Crippen molar-refractivity contribution in [2.75, 3.05) is 32.7 Å². The summed E-state index contributed by atoms with van der Waals surface area (Å²) in [5, 5.41) is 2.87. The highest BCUT2D eigenvalue weighted by molar-refractivity contribution is 9.11. The second-order valence-corrected chi connectivity index (χ2v) is 10.3. The van der Waals surface area contributed by atoms with E-state index < -0.39 is 5.54 Å². The van der Waals surface area contributed by atoms with Gasteiger partial charge in [-0.1, -0.05) is 12.8 Å². The molecule has 1 aliphatic carbocycles. The van der Waals surface area contributed by atoms with E-state index in [1.165, 1.54) is 9.78 Å². The summed E-state index contributed by atoms with van der Waals surface area (Å²) in [7, 11) is 0. The highest BCUT2D eigenvalue weighted by atomic mass is 79.9. The molecule has 1 N–H and O–H groups in total. The third-order valence-electron chi connectivity index (χ3n) is 5.99. The monoisotopic (exact) mass is 468 g/mol. The lowest BCUT2D eigenvalue weighted by atomic mass is 9.98. The number of halogens is 1. The first-order valence-corrected chi connectivity index (χ1v) is 11.5. The molecule has 0 atom stereocenters. The summed E-state index contributed by atoms with van der Waals surface area (Å²) < 4.78 is 1.14. The van der Waals surface area contributed by atoms with Crippen LogP contribution < -0.4 is 5.32 Å². The van der Waals surface area contributed by atoms with Gasteiger partial charge < -0.3 is 10.2 Å². The van der Waals surface area contributed by atoms with E-state index in [2.05, 4.69) is 38.3 Å². The van der Waals surface area contributed by atoms with E-state index in [9.17, 15) is 14.4 Å². The largest absolute Gasteiger partial charge is 0.340 e. The van der Waals surface area contributed by atoms with Gasteiger partial charge in [-0.15, -0.1) is 11.3 Å². The zero-order valence-corrected chi connectivity index (χ0v) is 18.2. The van der Waals surface area contributed by atoms with E-state index in [1.807, 2.05) is 4.90 Å². The average molecular weight is 469 g/mol. The third-order valence-corrected chi connectivity index (χ3v) is 7.59. The molecule has 1 spiro atoms. The summed E-state index contributed by atoms with van der Waals surface area (Å²) in [6.07, 6.45) is 3.56. The van der Waals surface area contributed by atoms with Crippen molar-refractivity contribution in [2.24, 2.45) is 0 Å². The molecule has 3 aliphatic rings. The van der Waals surface area contributed by atoms with Gasteiger partial charge in [-0.2, -0.15) is 0 Å². The van der Waals surface area contributed by atoms with Gasteiger partial charge >= 0.3 is 6.03 Å². The predicted molar refractivity (Wildman–Crippen MR) is 110 cm³/mol. The van der Waals surface area contributed by atoms with Crippen molar-refractivity contribution in [1.29, 1.82) is 0 Å². The standard InChI is InChI=1S/C19H25BrN4O3S/c20-15-4-3-14(28-15)13-22-9-11-23(12-10-22)16(25)5-8-24-17(26)19(21-18(24)27)6-1-2-7-19/h3-4H,1-2,5-13H2,(H,21,27). The summed E-state index contributed by atoms with van der Waals surface area (Å²) >= 11 is 5.23. The van der Waals surface area contributed by atoms with Crippen LogP contribution in [0.4, 0.5) is 4.79 Å². The van der Waals surface area contributed by atoms with E-state index in [1.54, 1.807) is 11.3 Å². The fourth-order valence-corrected chi connectivity index (χ4v) is 5.90. The Bertz CT molecular complexity index is 769. The summed E-state index contributed by atoms with van der Waals surface area (Å²) in [5.74, 6) is -0.124. The summed E-state index contributed by atoms with van der Waals surface area (Å²) in [6, 6.07) is 3.85. The van der Waals surface area contributed by atoms with Crippen LogP contribution in [0.25, 0.3) is 0 Å². The van der Waals surface area contributed by atoms with Gasteiger partial charge in [0.2, 0.25) is 5.91 Å². The van der Waals surface area contributed by atoms with Crippen LogP contribution in [0.2, 0.25) is 0 Å². The first-order chi connectivity index (χ1) is 13.5. The lowest BCUT2D eigenvalue weighted by Gasteiger charge is -2.34. The molecule has 4 rings (SSSR count). The summed E-state index contributed by atoms with van der Waals surface area (Å²) in [6.45, 7) is 4.14. The SMILES string of the molecule is O=C(CCN1C(=O)NC2(CCCC2)C1=O)N1CCN(Cc2ccc(Br)s2)CC1.